The van der Waals surface area contributed by atoms with E-state index in [0.717, 1.165) is 11.3 Å². The third-order valence-electron chi connectivity index (χ3n) is 4.99. The van der Waals surface area contributed by atoms with Crippen LogP contribution < -0.4 is 10.4 Å². The summed E-state index contributed by atoms with van der Waals surface area (Å²) >= 11 is 0. The van der Waals surface area contributed by atoms with Crippen molar-refractivity contribution in [1.29, 1.82) is 0 Å². The summed E-state index contributed by atoms with van der Waals surface area (Å²) in [7, 11) is 0. The van der Waals surface area contributed by atoms with Crippen molar-refractivity contribution in [3.63, 3.8) is 0 Å². The van der Waals surface area contributed by atoms with Crippen LogP contribution in [0.3, 0.4) is 0 Å². The number of aliphatic imine (C=N–C) groups is 1. The van der Waals surface area contributed by atoms with Crippen LogP contribution in [0.25, 0.3) is 0 Å². The molecular weight excluding hydrogens is 438 g/mol. The summed E-state index contributed by atoms with van der Waals surface area (Å²) < 4.78 is 16.3. The van der Waals surface area contributed by atoms with E-state index in [4.69, 9.17) is 13.9 Å². The number of carbonyl (C=O) groups is 1. The van der Waals surface area contributed by atoms with Crippen molar-refractivity contribution in [2.45, 2.75) is 33.3 Å². The minimum atomic E-state index is -0.959. The molecule has 3 rings (SSSR count). The molecule has 0 saturated heterocycles. The second-order valence-electron chi connectivity index (χ2n) is 7.37. The zero-order valence-electron chi connectivity index (χ0n) is 19.1. The quantitative estimate of drug-likeness (QED) is 0.236. The molecule has 0 unspecified atom stereocenters. The van der Waals surface area contributed by atoms with E-state index in [-0.39, 0.29) is 30.8 Å². The first-order valence-corrected chi connectivity index (χ1v) is 11.0. The van der Waals surface area contributed by atoms with Gasteiger partial charge in [-0.2, -0.15) is 0 Å². The largest absolute Gasteiger partial charge is 0.506 e. The van der Waals surface area contributed by atoms with Gasteiger partial charge in [0.1, 0.15) is 28.4 Å². The van der Waals surface area contributed by atoms with Crippen molar-refractivity contribution < 1.29 is 28.9 Å². The van der Waals surface area contributed by atoms with Gasteiger partial charge in [-0.1, -0.05) is 44.2 Å². The maximum atomic E-state index is 12.2. The van der Waals surface area contributed by atoms with Crippen molar-refractivity contribution in [2.75, 3.05) is 13.2 Å². The molecule has 34 heavy (non-hydrogen) atoms. The van der Waals surface area contributed by atoms with Gasteiger partial charge in [0.2, 0.25) is 0 Å². The highest BCUT2D eigenvalue weighted by Gasteiger charge is 2.25. The summed E-state index contributed by atoms with van der Waals surface area (Å²) in [6.45, 7) is 4.15. The molecule has 0 spiro atoms. The molecule has 2 N–H and O–H groups in total. The molecule has 0 aliphatic heterocycles. The Hall–Kier alpha value is -3.91. The molecule has 178 valence electrons. The van der Waals surface area contributed by atoms with Crippen molar-refractivity contribution >= 4 is 11.5 Å². The van der Waals surface area contributed by atoms with E-state index >= 15 is 0 Å². The maximum absolute atomic E-state index is 12.2. The monoisotopic (exact) mass is 465 g/mol. The first-order valence-electron chi connectivity index (χ1n) is 11.0. The number of nitrogens with zero attached hydrogens (tertiary/aromatic N) is 1. The number of carbonyl (C=O) groups excluding carboxylic acids is 1. The van der Waals surface area contributed by atoms with Crippen LogP contribution in [-0.4, -0.2) is 34.9 Å². The number of hydrogen-bond acceptors (Lipinski definition) is 8. The number of rotatable bonds is 11. The number of para-hydroxylation sites is 1. The SMILES string of the molecule is CCC(=O)c1c(O)oc(=O)c(C(CC)=NCCOCc2cccc(Oc3ccccc3)c2)c1O. The Morgan fingerprint density at radius 1 is 0.971 bits per heavy atom. The Morgan fingerprint density at radius 2 is 1.71 bits per heavy atom. The van der Waals surface area contributed by atoms with Gasteiger partial charge in [0.15, 0.2) is 5.78 Å². The van der Waals surface area contributed by atoms with Gasteiger partial charge < -0.3 is 24.1 Å². The van der Waals surface area contributed by atoms with E-state index in [9.17, 15) is 19.8 Å². The van der Waals surface area contributed by atoms with Crippen LogP contribution in [0, 0.1) is 0 Å². The van der Waals surface area contributed by atoms with Crippen LogP contribution in [0.1, 0.15) is 48.2 Å². The smallest absolute Gasteiger partial charge is 0.351 e. The van der Waals surface area contributed by atoms with Crippen molar-refractivity contribution in [3.05, 3.63) is 81.7 Å². The zero-order chi connectivity index (χ0) is 24.5. The highest BCUT2D eigenvalue weighted by molar-refractivity contribution is 6.07. The van der Waals surface area contributed by atoms with E-state index in [1.807, 2.05) is 54.6 Å². The fraction of sp³-hybridized carbons (Fsp3) is 0.269. The van der Waals surface area contributed by atoms with Gasteiger partial charge in [0.05, 0.1) is 25.5 Å². The van der Waals surface area contributed by atoms with Gasteiger partial charge in [-0.15, -0.1) is 0 Å². The zero-order valence-corrected chi connectivity index (χ0v) is 19.1. The number of Topliss-reactive ketones (excluding diaryl/α,β-unsaturated/α-hetero) is 1. The molecule has 1 heterocycles. The van der Waals surface area contributed by atoms with Crippen molar-refractivity contribution in [3.8, 4) is 23.2 Å². The highest BCUT2D eigenvalue weighted by Crippen LogP contribution is 2.30. The summed E-state index contributed by atoms with van der Waals surface area (Å²) in [4.78, 5) is 28.6. The van der Waals surface area contributed by atoms with Gasteiger partial charge >= 0.3 is 5.63 Å². The Kier molecular flexibility index (Phi) is 8.59. The molecule has 0 aliphatic rings. The van der Waals surface area contributed by atoms with E-state index in [1.54, 1.807) is 13.8 Å². The summed E-state index contributed by atoms with van der Waals surface area (Å²) in [5, 5.41) is 20.3. The summed E-state index contributed by atoms with van der Waals surface area (Å²) in [5.74, 6) is -0.608. The van der Waals surface area contributed by atoms with Crippen LogP contribution in [0.2, 0.25) is 0 Å². The first-order chi connectivity index (χ1) is 16.4. The van der Waals surface area contributed by atoms with Crippen LogP contribution >= 0.6 is 0 Å². The summed E-state index contributed by atoms with van der Waals surface area (Å²) in [5.41, 5.74) is -0.403. The predicted octanol–water partition coefficient (Wildman–Crippen LogP) is 4.85. The molecular formula is C26H27NO7. The van der Waals surface area contributed by atoms with Gasteiger partial charge in [-0.05, 0) is 36.2 Å². The second-order valence-corrected chi connectivity index (χ2v) is 7.37. The molecule has 0 saturated carbocycles. The van der Waals surface area contributed by atoms with Crippen LogP contribution in [-0.2, 0) is 11.3 Å². The lowest BCUT2D eigenvalue weighted by Gasteiger charge is -2.10. The fourth-order valence-electron chi connectivity index (χ4n) is 3.32. The second kappa shape index (κ2) is 11.8. The maximum Gasteiger partial charge on any atom is 0.351 e. The van der Waals surface area contributed by atoms with E-state index in [0.29, 0.717) is 18.8 Å². The minimum absolute atomic E-state index is 0.0261. The fourth-order valence-corrected chi connectivity index (χ4v) is 3.32. The Morgan fingerprint density at radius 3 is 2.41 bits per heavy atom. The van der Waals surface area contributed by atoms with Gasteiger partial charge in [-0.3, -0.25) is 9.79 Å². The number of hydrogen-bond donors (Lipinski definition) is 2. The van der Waals surface area contributed by atoms with E-state index in [2.05, 4.69) is 4.99 Å². The van der Waals surface area contributed by atoms with Crippen LogP contribution in [0.15, 0.2) is 68.8 Å². The highest BCUT2D eigenvalue weighted by atomic mass is 16.5. The number of benzene rings is 2. The number of aromatic hydroxyl groups is 2. The Bertz CT molecular complexity index is 1220. The van der Waals surface area contributed by atoms with Gasteiger partial charge in [-0.25, -0.2) is 4.79 Å². The van der Waals surface area contributed by atoms with Crippen molar-refractivity contribution in [2.24, 2.45) is 4.99 Å². The molecule has 0 aliphatic carbocycles. The average Bonchev–Trinajstić information content (AvgIpc) is 2.83. The predicted molar refractivity (Wildman–Crippen MR) is 127 cm³/mol. The van der Waals surface area contributed by atoms with Crippen molar-refractivity contribution in [1.82, 2.24) is 0 Å². The molecule has 0 fully saturated rings. The lowest BCUT2D eigenvalue weighted by atomic mass is 10.0. The summed E-state index contributed by atoms with van der Waals surface area (Å²) in [6, 6.07) is 17.0. The number of ether oxygens (including phenoxy) is 2. The third kappa shape index (κ3) is 6.11. The van der Waals surface area contributed by atoms with Gasteiger partial charge in [0.25, 0.3) is 5.95 Å². The lowest BCUT2D eigenvalue weighted by Crippen LogP contribution is -2.18. The molecule has 0 bridgehead atoms. The molecule has 0 atom stereocenters. The molecule has 1 aromatic heterocycles. The average molecular weight is 466 g/mol. The van der Waals surface area contributed by atoms with E-state index < -0.39 is 28.7 Å². The lowest BCUT2D eigenvalue weighted by molar-refractivity contribution is 0.0976. The standard InChI is InChI=1S/C26H27NO7/c1-3-20(22-24(29)23(21(28)4-2)26(31)34-25(22)30)27-13-14-32-16-17-9-8-12-19(15-17)33-18-10-6-5-7-11-18/h5-12,15,29,31H,3-4,13-14,16H2,1-2H3. The number of ketones is 1. The summed E-state index contributed by atoms with van der Waals surface area (Å²) in [6.07, 6.45) is 0.333. The third-order valence-corrected chi connectivity index (χ3v) is 4.99. The normalized spacial score (nSPS) is 11.4. The Balaban J connectivity index is 1.63. The van der Waals surface area contributed by atoms with Gasteiger partial charge in [0, 0.05) is 6.42 Å². The Labute approximate surface area is 197 Å². The molecule has 2 aromatic carbocycles. The molecule has 0 radical (unpaired) electrons. The molecule has 8 nitrogen and oxygen atoms in total. The van der Waals surface area contributed by atoms with Crippen LogP contribution in [0.5, 0.6) is 23.2 Å². The first kappa shape index (κ1) is 24.7. The minimum Gasteiger partial charge on any atom is -0.506 e. The molecule has 0 amide bonds. The molecule has 3 aromatic rings. The topological polar surface area (TPSA) is 119 Å². The van der Waals surface area contributed by atoms with E-state index in [1.165, 1.54) is 0 Å². The molecule has 8 heteroatoms. The van der Waals surface area contributed by atoms with Crippen LogP contribution in [0.4, 0.5) is 0 Å².